The molecule has 0 saturated carbocycles. The Hall–Kier alpha value is -2.13. The molecule has 0 fully saturated rings. The van der Waals surface area contributed by atoms with E-state index in [0.717, 1.165) is 27.7 Å². The van der Waals surface area contributed by atoms with Crippen LogP contribution in [0.4, 0.5) is 5.82 Å². The SMILES string of the molecule is Cc1cc2ccc3ccccc3c2nc1NN. The summed E-state index contributed by atoms with van der Waals surface area (Å²) < 4.78 is 0. The van der Waals surface area contributed by atoms with Crippen molar-refractivity contribution in [3.05, 3.63) is 48.0 Å². The van der Waals surface area contributed by atoms with Gasteiger partial charge in [-0.25, -0.2) is 10.8 Å². The van der Waals surface area contributed by atoms with Crippen molar-refractivity contribution in [1.29, 1.82) is 0 Å². The van der Waals surface area contributed by atoms with Gasteiger partial charge in [-0.1, -0.05) is 36.4 Å². The first kappa shape index (κ1) is 10.1. The molecule has 0 aliphatic rings. The summed E-state index contributed by atoms with van der Waals surface area (Å²) in [6.45, 7) is 2.00. The Balaban J connectivity index is 2.48. The number of nitrogen functional groups attached to an aromatic ring is 1. The minimum Gasteiger partial charge on any atom is -0.308 e. The molecule has 3 rings (SSSR count). The summed E-state index contributed by atoms with van der Waals surface area (Å²) in [5.41, 5.74) is 4.68. The predicted octanol–water partition coefficient (Wildman–Crippen LogP) is 2.98. The van der Waals surface area contributed by atoms with Crippen LogP contribution in [-0.2, 0) is 0 Å². The summed E-state index contributed by atoms with van der Waals surface area (Å²) in [6, 6.07) is 14.5. The Kier molecular flexibility index (Phi) is 2.20. The molecule has 0 amide bonds. The molecule has 2 aromatic carbocycles. The molecule has 3 N–H and O–H groups in total. The highest BCUT2D eigenvalue weighted by Gasteiger charge is 2.05. The number of aromatic nitrogens is 1. The number of nitrogens with one attached hydrogen (secondary N) is 1. The zero-order chi connectivity index (χ0) is 11.8. The fourth-order valence-corrected chi connectivity index (χ4v) is 2.16. The van der Waals surface area contributed by atoms with Gasteiger partial charge >= 0.3 is 0 Å². The Bertz CT molecular complexity index is 704. The number of fused-ring (bicyclic) bond motifs is 3. The summed E-state index contributed by atoms with van der Waals surface area (Å²) in [7, 11) is 0. The molecule has 17 heavy (non-hydrogen) atoms. The molecule has 0 spiro atoms. The molecule has 0 unspecified atom stereocenters. The summed E-state index contributed by atoms with van der Waals surface area (Å²) >= 11 is 0. The number of nitrogens with zero attached hydrogens (tertiary/aromatic N) is 1. The lowest BCUT2D eigenvalue weighted by atomic mass is 10.1. The largest absolute Gasteiger partial charge is 0.308 e. The van der Waals surface area contributed by atoms with Gasteiger partial charge in [0, 0.05) is 10.8 Å². The van der Waals surface area contributed by atoms with Crippen LogP contribution in [0, 0.1) is 6.92 Å². The third kappa shape index (κ3) is 1.52. The molecule has 3 nitrogen and oxygen atoms in total. The van der Waals surface area contributed by atoms with Crippen LogP contribution in [0.2, 0.25) is 0 Å². The third-order valence-electron chi connectivity index (χ3n) is 3.04. The van der Waals surface area contributed by atoms with E-state index in [0.29, 0.717) is 0 Å². The fraction of sp³-hybridized carbons (Fsp3) is 0.0714. The van der Waals surface area contributed by atoms with Crippen LogP contribution in [0.15, 0.2) is 42.5 Å². The molecule has 3 aromatic rings. The van der Waals surface area contributed by atoms with Crippen molar-refractivity contribution >= 4 is 27.5 Å². The number of nitrogens with two attached hydrogens (primary N) is 1. The van der Waals surface area contributed by atoms with Crippen molar-refractivity contribution in [2.45, 2.75) is 6.92 Å². The van der Waals surface area contributed by atoms with E-state index in [4.69, 9.17) is 5.84 Å². The maximum absolute atomic E-state index is 5.47. The van der Waals surface area contributed by atoms with Crippen molar-refractivity contribution in [2.24, 2.45) is 5.84 Å². The number of hydrazine groups is 1. The van der Waals surface area contributed by atoms with Crippen LogP contribution < -0.4 is 11.3 Å². The van der Waals surface area contributed by atoms with Gasteiger partial charge in [0.2, 0.25) is 0 Å². The summed E-state index contributed by atoms with van der Waals surface area (Å²) in [5.74, 6) is 6.20. The average molecular weight is 223 g/mol. The van der Waals surface area contributed by atoms with Gasteiger partial charge < -0.3 is 5.43 Å². The molecule has 1 heterocycles. The second-order valence-electron chi connectivity index (χ2n) is 4.16. The van der Waals surface area contributed by atoms with E-state index >= 15 is 0 Å². The van der Waals surface area contributed by atoms with Crippen LogP contribution in [0.1, 0.15) is 5.56 Å². The normalized spacial score (nSPS) is 10.9. The Morgan fingerprint density at radius 2 is 1.82 bits per heavy atom. The van der Waals surface area contributed by atoms with Crippen LogP contribution in [0.3, 0.4) is 0 Å². The number of hydrogen-bond acceptors (Lipinski definition) is 3. The van der Waals surface area contributed by atoms with Gasteiger partial charge in [0.15, 0.2) is 0 Å². The first-order valence-corrected chi connectivity index (χ1v) is 5.55. The molecule has 3 heteroatoms. The second kappa shape index (κ2) is 3.71. The Morgan fingerprint density at radius 1 is 1.06 bits per heavy atom. The second-order valence-corrected chi connectivity index (χ2v) is 4.16. The van der Waals surface area contributed by atoms with E-state index in [-0.39, 0.29) is 0 Å². The molecule has 0 bridgehead atoms. The quantitative estimate of drug-likeness (QED) is 0.379. The smallest absolute Gasteiger partial charge is 0.143 e. The molecule has 0 aliphatic carbocycles. The van der Waals surface area contributed by atoms with Crippen molar-refractivity contribution < 1.29 is 0 Å². The summed E-state index contributed by atoms with van der Waals surface area (Å²) in [4.78, 5) is 4.59. The lowest BCUT2D eigenvalue weighted by molar-refractivity contribution is 1.23. The van der Waals surface area contributed by atoms with Gasteiger partial charge in [0.25, 0.3) is 0 Å². The van der Waals surface area contributed by atoms with Crippen molar-refractivity contribution in [2.75, 3.05) is 5.43 Å². The molecule has 0 aliphatic heterocycles. The molecular weight excluding hydrogens is 210 g/mol. The Labute approximate surface area is 99.2 Å². The number of rotatable bonds is 1. The predicted molar refractivity (Wildman–Crippen MR) is 71.8 cm³/mol. The zero-order valence-corrected chi connectivity index (χ0v) is 9.57. The van der Waals surface area contributed by atoms with Gasteiger partial charge in [-0.2, -0.15) is 0 Å². The highest BCUT2D eigenvalue weighted by atomic mass is 15.2. The maximum atomic E-state index is 5.47. The number of pyridine rings is 1. The first-order chi connectivity index (χ1) is 8.29. The van der Waals surface area contributed by atoms with Gasteiger partial charge in [0.05, 0.1) is 5.52 Å². The number of anilines is 1. The highest BCUT2D eigenvalue weighted by Crippen LogP contribution is 2.26. The lowest BCUT2D eigenvalue weighted by Crippen LogP contribution is -2.10. The standard InChI is InChI=1S/C14H13N3/c1-9-8-11-7-6-10-4-2-3-5-12(10)13(11)16-14(9)17-15/h2-8H,15H2,1H3,(H,16,17). The van der Waals surface area contributed by atoms with Gasteiger partial charge in [-0.05, 0) is 23.9 Å². The van der Waals surface area contributed by atoms with E-state index < -0.39 is 0 Å². The van der Waals surface area contributed by atoms with E-state index in [1.165, 1.54) is 5.39 Å². The zero-order valence-electron chi connectivity index (χ0n) is 9.57. The molecule has 1 aromatic heterocycles. The Morgan fingerprint density at radius 3 is 2.65 bits per heavy atom. The number of hydrogen-bond donors (Lipinski definition) is 2. The molecule has 0 radical (unpaired) electrons. The highest BCUT2D eigenvalue weighted by molar-refractivity contribution is 6.05. The minimum absolute atomic E-state index is 0.730. The van der Waals surface area contributed by atoms with Gasteiger partial charge in [-0.15, -0.1) is 0 Å². The molecule has 0 atom stereocenters. The molecule has 0 saturated heterocycles. The van der Waals surface area contributed by atoms with E-state index in [1.54, 1.807) is 0 Å². The summed E-state index contributed by atoms with van der Waals surface area (Å²) in [5, 5.41) is 3.49. The van der Waals surface area contributed by atoms with Crippen LogP contribution >= 0.6 is 0 Å². The first-order valence-electron chi connectivity index (χ1n) is 5.55. The topological polar surface area (TPSA) is 50.9 Å². The van der Waals surface area contributed by atoms with Crippen LogP contribution in [0.25, 0.3) is 21.7 Å². The number of benzene rings is 2. The van der Waals surface area contributed by atoms with Crippen LogP contribution in [-0.4, -0.2) is 4.98 Å². The van der Waals surface area contributed by atoms with E-state index in [1.807, 2.05) is 19.1 Å². The van der Waals surface area contributed by atoms with Gasteiger partial charge in [-0.3, -0.25) is 0 Å². The van der Waals surface area contributed by atoms with Crippen molar-refractivity contribution in [3.63, 3.8) is 0 Å². The van der Waals surface area contributed by atoms with Crippen molar-refractivity contribution in [1.82, 2.24) is 4.98 Å². The molecule has 84 valence electrons. The van der Waals surface area contributed by atoms with Gasteiger partial charge in [0.1, 0.15) is 5.82 Å². The van der Waals surface area contributed by atoms with Crippen molar-refractivity contribution in [3.8, 4) is 0 Å². The monoisotopic (exact) mass is 223 g/mol. The maximum Gasteiger partial charge on any atom is 0.143 e. The minimum atomic E-state index is 0.730. The van der Waals surface area contributed by atoms with E-state index in [9.17, 15) is 0 Å². The van der Waals surface area contributed by atoms with Crippen LogP contribution in [0.5, 0.6) is 0 Å². The third-order valence-corrected chi connectivity index (χ3v) is 3.04. The fourth-order valence-electron chi connectivity index (χ4n) is 2.16. The molecular formula is C14H13N3. The summed E-state index contributed by atoms with van der Waals surface area (Å²) in [6.07, 6.45) is 0. The lowest BCUT2D eigenvalue weighted by Gasteiger charge is -2.08. The average Bonchev–Trinajstić information content (AvgIpc) is 2.37. The number of aryl methyl sites for hydroxylation is 1. The van der Waals surface area contributed by atoms with E-state index in [2.05, 4.69) is 40.7 Å².